The first-order valence-corrected chi connectivity index (χ1v) is 13.2. The second kappa shape index (κ2) is 14.1. The number of methoxy groups -OCH3 is 1. The third-order valence-electron chi connectivity index (χ3n) is 6.81. The number of pyridine rings is 1. The molecule has 2 heterocycles. The second-order valence-electron chi connectivity index (χ2n) is 9.55. The molecule has 0 spiro atoms. The number of para-hydroxylation sites is 1. The highest BCUT2D eigenvalue weighted by Crippen LogP contribution is 2.27. The number of aliphatic carboxylic acids is 1. The summed E-state index contributed by atoms with van der Waals surface area (Å²) >= 11 is 0. The Hall–Kier alpha value is -4.41. The number of imide groups is 1. The summed E-state index contributed by atoms with van der Waals surface area (Å²) < 4.78 is 4.75. The van der Waals surface area contributed by atoms with Gasteiger partial charge in [-0.15, -0.1) is 0 Å². The molecule has 2 aromatic rings. The van der Waals surface area contributed by atoms with E-state index in [0.717, 1.165) is 11.3 Å². The lowest BCUT2D eigenvalue weighted by Gasteiger charge is -2.26. The summed E-state index contributed by atoms with van der Waals surface area (Å²) in [6.07, 6.45) is 3.20. The van der Waals surface area contributed by atoms with Crippen molar-refractivity contribution in [2.75, 3.05) is 12.4 Å². The van der Waals surface area contributed by atoms with Gasteiger partial charge in [-0.25, -0.2) is 9.59 Å². The maximum Gasteiger partial charge on any atom is 0.329 e. The molecular weight excluding hydrogens is 516 g/mol. The summed E-state index contributed by atoms with van der Waals surface area (Å²) in [7, 11) is 1.19. The van der Waals surface area contributed by atoms with E-state index in [-0.39, 0.29) is 25.0 Å². The summed E-state index contributed by atoms with van der Waals surface area (Å²) in [5.74, 6) is -4.18. The van der Waals surface area contributed by atoms with Gasteiger partial charge in [0.1, 0.15) is 11.7 Å². The van der Waals surface area contributed by atoms with Crippen LogP contribution < -0.4 is 5.32 Å². The third-order valence-corrected chi connectivity index (χ3v) is 6.81. The van der Waals surface area contributed by atoms with Crippen LogP contribution in [0.5, 0.6) is 0 Å². The van der Waals surface area contributed by atoms with Crippen LogP contribution in [0.3, 0.4) is 0 Å². The third kappa shape index (κ3) is 7.37. The number of nitrogens with zero attached hydrogens (tertiary/aromatic N) is 3. The van der Waals surface area contributed by atoms with E-state index < -0.39 is 47.7 Å². The lowest BCUT2D eigenvalue weighted by Crippen LogP contribution is -2.45. The van der Waals surface area contributed by atoms with Gasteiger partial charge in [-0.1, -0.05) is 44.0 Å². The van der Waals surface area contributed by atoms with Gasteiger partial charge >= 0.3 is 11.9 Å². The number of benzene rings is 1. The molecule has 0 radical (unpaired) electrons. The van der Waals surface area contributed by atoms with Crippen LogP contribution in [0.2, 0.25) is 0 Å². The number of carboxylic acid groups (broad SMARTS) is 1. The summed E-state index contributed by atoms with van der Waals surface area (Å²) in [4.78, 5) is 72.5. The molecule has 3 atom stereocenters. The van der Waals surface area contributed by atoms with E-state index in [2.05, 4.69) is 15.3 Å². The van der Waals surface area contributed by atoms with Gasteiger partial charge in [0.15, 0.2) is 6.04 Å². The van der Waals surface area contributed by atoms with Crippen LogP contribution in [0.4, 0.5) is 5.69 Å². The predicted molar refractivity (Wildman–Crippen MR) is 147 cm³/mol. The van der Waals surface area contributed by atoms with E-state index in [1.54, 1.807) is 49.4 Å². The van der Waals surface area contributed by atoms with Crippen molar-refractivity contribution in [1.82, 2.24) is 9.88 Å². The molecule has 1 fully saturated rings. The van der Waals surface area contributed by atoms with E-state index >= 15 is 0 Å². The monoisotopic (exact) mass is 550 g/mol. The number of carboxylic acids is 1. The van der Waals surface area contributed by atoms with Gasteiger partial charge in [0.05, 0.1) is 12.8 Å². The maximum absolute atomic E-state index is 13.3. The Morgan fingerprint density at radius 2 is 1.90 bits per heavy atom. The Balaban J connectivity index is 1.89. The summed E-state index contributed by atoms with van der Waals surface area (Å²) in [5, 5.41) is 13.0. The number of hydrogen-bond acceptors (Lipinski definition) is 8. The van der Waals surface area contributed by atoms with Crippen LogP contribution in [-0.2, 0) is 23.9 Å². The van der Waals surface area contributed by atoms with E-state index in [4.69, 9.17) is 4.74 Å². The van der Waals surface area contributed by atoms with Gasteiger partial charge in [0.25, 0.3) is 5.91 Å². The first kappa shape index (κ1) is 30.1. The number of rotatable bonds is 12. The zero-order valence-electron chi connectivity index (χ0n) is 22.8. The van der Waals surface area contributed by atoms with Crippen molar-refractivity contribution in [2.45, 2.75) is 64.5 Å². The molecule has 1 aliphatic heterocycles. The zero-order valence-corrected chi connectivity index (χ0v) is 22.8. The quantitative estimate of drug-likeness (QED) is 0.301. The highest BCUT2D eigenvalue weighted by molar-refractivity contribution is 6.10. The van der Waals surface area contributed by atoms with E-state index in [9.17, 15) is 29.1 Å². The molecule has 212 valence electrons. The van der Waals surface area contributed by atoms with Crippen LogP contribution in [0, 0.1) is 5.92 Å². The number of aliphatic imine (C=N–C) groups is 1. The summed E-state index contributed by atoms with van der Waals surface area (Å²) in [6.45, 7) is 3.58. The molecule has 0 unspecified atom stereocenters. The second-order valence-corrected chi connectivity index (χ2v) is 9.55. The number of nitrogens with one attached hydrogen (secondary N) is 1. The fourth-order valence-electron chi connectivity index (χ4n) is 4.75. The molecule has 11 nitrogen and oxygen atoms in total. The molecule has 1 saturated heterocycles. The number of amides is 3. The Morgan fingerprint density at radius 3 is 2.55 bits per heavy atom. The lowest BCUT2D eigenvalue weighted by atomic mass is 9.90. The van der Waals surface area contributed by atoms with Crippen LogP contribution >= 0.6 is 0 Å². The number of likely N-dealkylation sites (tertiary alicyclic amines) is 1. The van der Waals surface area contributed by atoms with Gasteiger partial charge in [-0.3, -0.25) is 29.3 Å². The largest absolute Gasteiger partial charge is 0.480 e. The normalized spacial score (nSPS) is 16.8. The maximum atomic E-state index is 13.3. The number of hydrogen-bond donors (Lipinski definition) is 2. The molecule has 3 amide bonds. The fourth-order valence-corrected chi connectivity index (χ4v) is 4.75. The Morgan fingerprint density at radius 1 is 1.18 bits per heavy atom. The number of ether oxygens (including phenoxy) is 1. The topological polar surface area (TPSA) is 155 Å². The summed E-state index contributed by atoms with van der Waals surface area (Å²) in [5.41, 5.74) is 1.51. The minimum absolute atomic E-state index is 0.0335. The molecule has 1 aliphatic rings. The van der Waals surface area contributed by atoms with Crippen molar-refractivity contribution in [3.63, 3.8) is 0 Å². The van der Waals surface area contributed by atoms with Crippen molar-refractivity contribution in [2.24, 2.45) is 10.9 Å². The first-order valence-electron chi connectivity index (χ1n) is 13.2. The molecule has 2 N–H and O–H groups in total. The van der Waals surface area contributed by atoms with Gasteiger partial charge < -0.3 is 15.2 Å². The number of anilines is 1. The summed E-state index contributed by atoms with van der Waals surface area (Å²) in [6, 6.07) is 9.50. The number of aromatic nitrogens is 1. The molecule has 0 aliphatic carbocycles. The van der Waals surface area contributed by atoms with E-state index in [1.807, 2.05) is 6.92 Å². The molecular formula is C29H34N4O7. The molecule has 40 heavy (non-hydrogen) atoms. The number of carbonyl (C=O) groups excluding carboxylic acids is 4. The van der Waals surface area contributed by atoms with Crippen LogP contribution in [0.15, 0.2) is 53.7 Å². The molecule has 1 aromatic heterocycles. The number of esters is 1. The fraction of sp³-hybridized carbons (Fsp3) is 0.414. The van der Waals surface area contributed by atoms with Crippen molar-refractivity contribution in [3.8, 4) is 0 Å². The minimum atomic E-state index is -1.30. The smallest absolute Gasteiger partial charge is 0.329 e. The van der Waals surface area contributed by atoms with Crippen molar-refractivity contribution in [3.05, 3.63) is 59.9 Å². The van der Waals surface area contributed by atoms with Gasteiger partial charge in [0, 0.05) is 36.2 Å². The SMILES string of the molecule is CCCC[C@H](CC(=O)N1C(=O)CC[C@H]1C(=O)OC)[C@@H](N=C(C)c1ccccc1NC(=O)c1ccccn1)C(=O)O. The number of carbonyl (C=O) groups is 5. The Bertz CT molecular complexity index is 1280. The average molecular weight is 551 g/mol. The predicted octanol–water partition coefficient (Wildman–Crippen LogP) is 3.48. The zero-order chi connectivity index (χ0) is 29.2. The minimum Gasteiger partial charge on any atom is -0.480 e. The van der Waals surface area contributed by atoms with Gasteiger partial charge in [0.2, 0.25) is 11.8 Å². The van der Waals surface area contributed by atoms with Crippen LogP contribution in [-0.4, -0.2) is 69.6 Å². The molecule has 1 aromatic carbocycles. The van der Waals surface area contributed by atoms with Gasteiger partial charge in [-0.2, -0.15) is 0 Å². The standard InChI is InChI=1S/C29H34N4O7/c1-4-5-10-19(17-25(35)33-23(29(39)40-3)14-15-24(33)34)26(28(37)38)31-18(2)20-11-6-7-12-21(20)32-27(36)22-13-8-9-16-30-22/h6-9,11-13,16,19,23,26H,4-5,10,14-15,17H2,1-3H3,(H,32,36)(H,37,38)/t19-,23+,26-/m1/s1. The lowest BCUT2D eigenvalue weighted by molar-refractivity contribution is -0.156. The Kier molecular flexibility index (Phi) is 10.6. The molecule has 0 saturated carbocycles. The van der Waals surface area contributed by atoms with E-state index in [1.165, 1.54) is 13.3 Å². The van der Waals surface area contributed by atoms with Crippen molar-refractivity contribution >= 4 is 41.1 Å². The Labute approximate surface area is 232 Å². The molecule has 3 rings (SSSR count). The first-order chi connectivity index (χ1) is 19.2. The van der Waals surface area contributed by atoms with E-state index in [0.29, 0.717) is 29.8 Å². The number of unbranched alkanes of at least 4 members (excludes halogenated alkanes) is 1. The van der Waals surface area contributed by atoms with Crippen LogP contribution in [0.1, 0.15) is 68.4 Å². The van der Waals surface area contributed by atoms with Crippen LogP contribution in [0.25, 0.3) is 0 Å². The van der Waals surface area contributed by atoms with Crippen molar-refractivity contribution in [1.29, 1.82) is 0 Å². The van der Waals surface area contributed by atoms with Gasteiger partial charge in [-0.05, 0) is 38.0 Å². The molecule has 0 bridgehead atoms. The average Bonchev–Trinajstić information content (AvgIpc) is 3.35. The van der Waals surface area contributed by atoms with Crippen molar-refractivity contribution < 1.29 is 33.8 Å². The highest BCUT2D eigenvalue weighted by Gasteiger charge is 2.42. The molecule has 11 heteroatoms. The highest BCUT2D eigenvalue weighted by atomic mass is 16.5.